The summed E-state index contributed by atoms with van der Waals surface area (Å²) in [5.41, 5.74) is 3.93. The number of hydrogen-bond donors (Lipinski definition) is 3. The van der Waals surface area contributed by atoms with Crippen molar-refractivity contribution in [3.05, 3.63) is 64.8 Å². The number of ether oxygens (including phenoxy) is 1. The molecule has 3 N–H and O–H groups in total. The maximum absolute atomic E-state index is 13.8. The molecule has 1 aromatic heterocycles. The van der Waals surface area contributed by atoms with Gasteiger partial charge in [-0.3, -0.25) is 14.4 Å². The van der Waals surface area contributed by atoms with E-state index in [1.54, 1.807) is 18.1 Å². The van der Waals surface area contributed by atoms with Gasteiger partial charge in [-0.1, -0.05) is 29.8 Å². The lowest BCUT2D eigenvalue weighted by atomic mass is 9.90. The van der Waals surface area contributed by atoms with Gasteiger partial charge in [0.05, 0.1) is 13.2 Å². The Labute approximate surface area is 214 Å². The van der Waals surface area contributed by atoms with Gasteiger partial charge in [0.1, 0.15) is 23.5 Å². The first-order valence-electron chi connectivity index (χ1n) is 12.4. The number of rotatable bonds is 6. The smallest absolute Gasteiger partial charge is 0.271 e. The van der Waals surface area contributed by atoms with E-state index in [4.69, 9.17) is 4.74 Å². The van der Waals surface area contributed by atoms with Crippen LogP contribution in [-0.2, 0) is 16.0 Å². The van der Waals surface area contributed by atoms with Crippen molar-refractivity contribution < 1.29 is 19.1 Å². The van der Waals surface area contributed by atoms with Crippen molar-refractivity contribution in [3.8, 4) is 11.8 Å². The summed E-state index contributed by atoms with van der Waals surface area (Å²) in [7, 11) is 1.58. The Morgan fingerprint density at radius 2 is 2.11 bits per heavy atom. The molecule has 3 amide bonds. The standard InChI is InChI=1S/C28H29N5O4/c1-16-6-7-20-17(12-16)9-11-33(28(36)23-14-21-22(32-23)4-3-5-24(21)37-2)25(20)27(35)31-19(15-29)13-18-8-10-30-26(18)34/h3-7,12,14,18-19,25,32H,8-11,13H2,1-2H3,(H,30,34)(H,31,35)/t18?,19-,25?/m0/s1. The molecule has 3 aromatic rings. The highest BCUT2D eigenvalue weighted by atomic mass is 16.5. The topological polar surface area (TPSA) is 127 Å². The van der Waals surface area contributed by atoms with Crippen LogP contribution in [0.5, 0.6) is 5.75 Å². The molecule has 0 spiro atoms. The molecule has 9 nitrogen and oxygen atoms in total. The van der Waals surface area contributed by atoms with Gasteiger partial charge in [0, 0.05) is 29.9 Å². The second-order valence-electron chi connectivity index (χ2n) is 9.66. The number of carbonyl (C=O) groups is 3. The second-order valence-corrected chi connectivity index (χ2v) is 9.66. The Kier molecular flexibility index (Phi) is 6.57. The van der Waals surface area contributed by atoms with Crippen LogP contribution in [0.3, 0.4) is 0 Å². The molecule has 2 unspecified atom stereocenters. The number of amides is 3. The number of nitriles is 1. The third-order valence-corrected chi connectivity index (χ3v) is 7.27. The predicted octanol–water partition coefficient (Wildman–Crippen LogP) is 2.76. The van der Waals surface area contributed by atoms with Crippen LogP contribution in [0.2, 0.25) is 0 Å². The molecule has 3 atom stereocenters. The summed E-state index contributed by atoms with van der Waals surface area (Å²) in [6.45, 7) is 2.91. The molecule has 0 saturated carbocycles. The van der Waals surface area contributed by atoms with Crippen LogP contribution in [0.4, 0.5) is 0 Å². The third kappa shape index (κ3) is 4.62. The zero-order chi connectivity index (χ0) is 26.1. The molecule has 190 valence electrons. The number of methoxy groups -OCH3 is 1. The number of aromatic nitrogens is 1. The van der Waals surface area contributed by atoms with Gasteiger partial charge in [-0.05, 0) is 55.5 Å². The number of hydrogen-bond acceptors (Lipinski definition) is 5. The van der Waals surface area contributed by atoms with Crippen molar-refractivity contribution in [2.75, 3.05) is 20.2 Å². The molecule has 0 radical (unpaired) electrons. The molecule has 0 bridgehead atoms. The highest BCUT2D eigenvalue weighted by molar-refractivity contribution is 6.02. The third-order valence-electron chi connectivity index (χ3n) is 7.27. The second kappa shape index (κ2) is 9.97. The number of aryl methyl sites for hydroxylation is 1. The van der Waals surface area contributed by atoms with Crippen LogP contribution in [0.1, 0.15) is 46.1 Å². The Bertz CT molecular complexity index is 1420. The van der Waals surface area contributed by atoms with Crippen molar-refractivity contribution in [2.24, 2.45) is 5.92 Å². The van der Waals surface area contributed by atoms with Crippen LogP contribution in [0.15, 0.2) is 42.5 Å². The monoisotopic (exact) mass is 499 g/mol. The van der Waals surface area contributed by atoms with Crippen molar-refractivity contribution in [3.63, 3.8) is 0 Å². The first-order valence-corrected chi connectivity index (χ1v) is 12.4. The number of aromatic amines is 1. The molecule has 1 fully saturated rings. The van der Waals surface area contributed by atoms with E-state index >= 15 is 0 Å². The summed E-state index contributed by atoms with van der Waals surface area (Å²) in [4.78, 5) is 44.2. The lowest BCUT2D eigenvalue weighted by Crippen LogP contribution is -2.49. The molecule has 2 aliphatic heterocycles. The van der Waals surface area contributed by atoms with Crippen molar-refractivity contribution >= 4 is 28.6 Å². The lowest BCUT2D eigenvalue weighted by Gasteiger charge is -2.36. The molecule has 9 heteroatoms. The maximum atomic E-state index is 13.8. The van der Waals surface area contributed by atoms with Gasteiger partial charge in [0.15, 0.2) is 0 Å². The number of fused-ring (bicyclic) bond motifs is 2. The molecule has 2 aliphatic rings. The summed E-state index contributed by atoms with van der Waals surface area (Å²) in [5, 5.41) is 16.1. The minimum atomic E-state index is -0.904. The fourth-order valence-electron chi connectivity index (χ4n) is 5.38. The molecule has 5 rings (SSSR count). The number of nitrogens with zero attached hydrogens (tertiary/aromatic N) is 2. The molecule has 37 heavy (non-hydrogen) atoms. The van der Waals surface area contributed by atoms with Crippen LogP contribution >= 0.6 is 0 Å². The lowest BCUT2D eigenvalue weighted by molar-refractivity contribution is -0.127. The van der Waals surface area contributed by atoms with Gasteiger partial charge < -0.3 is 25.3 Å². The first kappa shape index (κ1) is 24.4. The number of carbonyl (C=O) groups excluding carboxylic acids is 3. The molecule has 1 saturated heterocycles. The van der Waals surface area contributed by atoms with Gasteiger partial charge in [-0.2, -0.15) is 5.26 Å². The van der Waals surface area contributed by atoms with Crippen molar-refractivity contribution in [1.82, 2.24) is 20.5 Å². The van der Waals surface area contributed by atoms with Crippen LogP contribution in [0, 0.1) is 24.2 Å². The average Bonchev–Trinajstić information content (AvgIpc) is 3.52. The quantitative estimate of drug-likeness (QED) is 0.481. The first-order chi connectivity index (χ1) is 17.9. The maximum Gasteiger partial charge on any atom is 0.271 e. The van der Waals surface area contributed by atoms with Crippen LogP contribution < -0.4 is 15.4 Å². The highest BCUT2D eigenvalue weighted by Crippen LogP contribution is 2.33. The van der Waals surface area contributed by atoms with E-state index in [1.165, 1.54) is 0 Å². The SMILES string of the molecule is COc1cccc2[nH]c(C(=O)N3CCc4cc(C)ccc4C3C(=O)N[C@H](C#N)CC3CCNC3=O)cc12. The highest BCUT2D eigenvalue weighted by Gasteiger charge is 2.38. The molecule has 3 heterocycles. The number of nitrogens with one attached hydrogen (secondary N) is 3. The van der Waals surface area contributed by atoms with E-state index in [1.807, 2.05) is 43.3 Å². The summed E-state index contributed by atoms with van der Waals surface area (Å²) in [6, 6.07) is 13.5. The van der Waals surface area contributed by atoms with Gasteiger partial charge in [-0.15, -0.1) is 0 Å². The van der Waals surface area contributed by atoms with Crippen molar-refractivity contribution in [2.45, 2.75) is 38.3 Å². The minimum absolute atomic E-state index is 0.0981. The van der Waals surface area contributed by atoms with Gasteiger partial charge in [0.2, 0.25) is 11.8 Å². The van der Waals surface area contributed by atoms with Crippen molar-refractivity contribution in [1.29, 1.82) is 5.26 Å². The molecule has 0 aliphatic carbocycles. The van der Waals surface area contributed by atoms with Gasteiger partial charge in [0.25, 0.3) is 5.91 Å². The van der Waals surface area contributed by atoms with Gasteiger partial charge in [-0.25, -0.2) is 0 Å². The molecular weight excluding hydrogens is 470 g/mol. The summed E-state index contributed by atoms with van der Waals surface area (Å²) in [6.07, 6.45) is 1.48. The zero-order valence-corrected chi connectivity index (χ0v) is 20.8. The van der Waals surface area contributed by atoms with E-state index in [0.717, 1.165) is 27.6 Å². The largest absolute Gasteiger partial charge is 0.496 e. The minimum Gasteiger partial charge on any atom is -0.496 e. The van der Waals surface area contributed by atoms with E-state index in [-0.39, 0.29) is 24.2 Å². The summed E-state index contributed by atoms with van der Waals surface area (Å²) in [5.74, 6) is -0.510. The average molecular weight is 500 g/mol. The normalized spacial score (nSPS) is 19.6. The van der Waals surface area contributed by atoms with Crippen LogP contribution in [0.25, 0.3) is 10.9 Å². The fourth-order valence-corrected chi connectivity index (χ4v) is 5.38. The fraction of sp³-hybridized carbons (Fsp3) is 0.357. The Morgan fingerprint density at radius 1 is 1.27 bits per heavy atom. The van der Waals surface area contributed by atoms with E-state index < -0.39 is 18.0 Å². The Balaban J connectivity index is 1.46. The molecular formula is C28H29N5O4. The Hall–Kier alpha value is -4.32. The summed E-state index contributed by atoms with van der Waals surface area (Å²) < 4.78 is 5.43. The molecule has 2 aromatic carbocycles. The Morgan fingerprint density at radius 3 is 2.84 bits per heavy atom. The van der Waals surface area contributed by atoms with Crippen LogP contribution in [-0.4, -0.2) is 53.8 Å². The van der Waals surface area contributed by atoms with E-state index in [0.29, 0.717) is 37.4 Å². The van der Waals surface area contributed by atoms with E-state index in [2.05, 4.69) is 21.7 Å². The zero-order valence-electron chi connectivity index (χ0n) is 20.8. The summed E-state index contributed by atoms with van der Waals surface area (Å²) >= 11 is 0. The number of benzene rings is 2. The van der Waals surface area contributed by atoms with E-state index in [9.17, 15) is 19.6 Å². The predicted molar refractivity (Wildman–Crippen MR) is 137 cm³/mol. The number of H-pyrrole nitrogens is 1. The van der Waals surface area contributed by atoms with Gasteiger partial charge >= 0.3 is 0 Å².